The van der Waals surface area contributed by atoms with Crippen molar-refractivity contribution < 1.29 is 13.9 Å². The van der Waals surface area contributed by atoms with Gasteiger partial charge in [0.15, 0.2) is 11.6 Å². The van der Waals surface area contributed by atoms with Crippen molar-refractivity contribution in [1.29, 1.82) is 0 Å². The lowest BCUT2D eigenvalue weighted by atomic mass is 10.1. The molecule has 0 spiro atoms. The van der Waals surface area contributed by atoms with E-state index in [1.165, 1.54) is 11.1 Å². The van der Waals surface area contributed by atoms with Crippen LogP contribution in [0.1, 0.15) is 11.1 Å². The van der Waals surface area contributed by atoms with E-state index >= 15 is 0 Å². The molecule has 0 amide bonds. The fourth-order valence-corrected chi connectivity index (χ4v) is 2.09. The first kappa shape index (κ1) is 15.1. The Morgan fingerprint density at radius 1 is 1.19 bits per heavy atom. The zero-order chi connectivity index (χ0) is 15.4. The maximum Gasteiger partial charge on any atom is 0.165 e. The smallest absolute Gasteiger partial charge is 0.165 e. The summed E-state index contributed by atoms with van der Waals surface area (Å²) in [5.41, 5.74) is 2.38. The van der Waals surface area contributed by atoms with Crippen molar-refractivity contribution in [3.05, 3.63) is 53.3 Å². The molecule has 2 aromatic rings. The van der Waals surface area contributed by atoms with Crippen LogP contribution in [0.15, 0.2) is 36.4 Å². The third kappa shape index (κ3) is 3.44. The number of hydrogen-bond acceptors (Lipinski definition) is 4. The van der Waals surface area contributed by atoms with Gasteiger partial charge in [-0.15, -0.1) is 0 Å². The maximum atomic E-state index is 13.8. The maximum absolute atomic E-state index is 13.8. The lowest BCUT2D eigenvalue weighted by Gasteiger charge is -2.19. The second-order valence-corrected chi connectivity index (χ2v) is 4.79. The van der Waals surface area contributed by atoms with Gasteiger partial charge in [-0.2, -0.15) is 0 Å². The molecule has 112 valence electrons. The van der Waals surface area contributed by atoms with E-state index in [9.17, 15) is 4.39 Å². The Morgan fingerprint density at radius 2 is 1.95 bits per heavy atom. The number of aryl methyl sites for hydroxylation is 1. The van der Waals surface area contributed by atoms with Crippen molar-refractivity contribution in [3.63, 3.8) is 0 Å². The second-order valence-electron chi connectivity index (χ2n) is 4.79. The van der Waals surface area contributed by atoms with E-state index in [1.807, 2.05) is 25.1 Å². The quantitative estimate of drug-likeness (QED) is 0.679. The van der Waals surface area contributed by atoms with Crippen LogP contribution in [0.4, 0.5) is 10.1 Å². The molecule has 2 aromatic carbocycles. The summed E-state index contributed by atoms with van der Waals surface area (Å²) in [7, 11) is 3.30. The molecule has 2 rings (SSSR count). The molecular weight excluding hydrogens is 271 g/mol. The van der Waals surface area contributed by atoms with Crippen molar-refractivity contribution in [2.24, 2.45) is 5.84 Å². The number of benzene rings is 2. The van der Waals surface area contributed by atoms with Crippen molar-refractivity contribution in [2.45, 2.75) is 13.5 Å². The molecule has 0 aliphatic heterocycles. The van der Waals surface area contributed by atoms with Crippen molar-refractivity contribution in [1.82, 2.24) is 0 Å². The molecule has 5 heteroatoms. The minimum absolute atomic E-state index is 0.168. The van der Waals surface area contributed by atoms with Gasteiger partial charge in [0.25, 0.3) is 0 Å². The van der Waals surface area contributed by atoms with Crippen molar-refractivity contribution in [3.8, 4) is 11.5 Å². The number of nitrogens with zero attached hydrogens (tertiary/aromatic N) is 1. The topological polar surface area (TPSA) is 47.7 Å². The number of halogens is 1. The fraction of sp³-hybridized carbons (Fsp3) is 0.250. The van der Waals surface area contributed by atoms with E-state index in [2.05, 4.69) is 0 Å². The number of methoxy groups -OCH3 is 1. The monoisotopic (exact) mass is 290 g/mol. The molecular formula is C16H19FN2O2. The van der Waals surface area contributed by atoms with Gasteiger partial charge >= 0.3 is 0 Å². The van der Waals surface area contributed by atoms with Gasteiger partial charge in [-0.05, 0) is 36.8 Å². The standard InChI is InChI=1S/C16H19FN2O2/c1-11-7-8-16(13(17)9-11)21-10-12-14(19(2)18)5-4-6-15(12)20-3/h4-9H,10,18H2,1-3H3. The van der Waals surface area contributed by atoms with Crippen LogP contribution in [0.25, 0.3) is 0 Å². The minimum atomic E-state index is -0.382. The van der Waals surface area contributed by atoms with Crippen LogP contribution in [0.3, 0.4) is 0 Å². The van der Waals surface area contributed by atoms with E-state index in [4.69, 9.17) is 15.3 Å². The molecule has 21 heavy (non-hydrogen) atoms. The number of anilines is 1. The summed E-state index contributed by atoms with van der Waals surface area (Å²) in [4.78, 5) is 0. The van der Waals surface area contributed by atoms with Gasteiger partial charge in [0.1, 0.15) is 12.4 Å². The van der Waals surface area contributed by atoms with E-state index < -0.39 is 0 Å². The summed E-state index contributed by atoms with van der Waals surface area (Å²) in [6.45, 7) is 2.00. The van der Waals surface area contributed by atoms with Crippen LogP contribution >= 0.6 is 0 Å². The van der Waals surface area contributed by atoms with Gasteiger partial charge in [0, 0.05) is 7.05 Å². The molecule has 0 heterocycles. The average molecular weight is 290 g/mol. The molecule has 0 unspecified atom stereocenters. The van der Waals surface area contributed by atoms with Crippen LogP contribution in [0.5, 0.6) is 11.5 Å². The summed E-state index contributed by atoms with van der Waals surface area (Å²) in [6.07, 6.45) is 0. The van der Waals surface area contributed by atoms with Crippen LogP contribution < -0.4 is 20.3 Å². The molecule has 0 saturated heterocycles. The largest absolute Gasteiger partial charge is 0.496 e. The first-order valence-electron chi connectivity index (χ1n) is 6.56. The van der Waals surface area contributed by atoms with Gasteiger partial charge < -0.3 is 14.5 Å². The van der Waals surface area contributed by atoms with Crippen molar-refractivity contribution >= 4 is 5.69 Å². The summed E-state index contributed by atoms with van der Waals surface area (Å²) < 4.78 is 24.7. The highest BCUT2D eigenvalue weighted by atomic mass is 19.1. The summed E-state index contributed by atoms with van der Waals surface area (Å²) >= 11 is 0. The molecule has 4 nitrogen and oxygen atoms in total. The van der Waals surface area contributed by atoms with Crippen LogP contribution in [-0.4, -0.2) is 14.2 Å². The number of hydrazine groups is 1. The molecule has 0 aliphatic rings. The Hall–Kier alpha value is -2.27. The first-order valence-corrected chi connectivity index (χ1v) is 6.56. The first-order chi connectivity index (χ1) is 10.0. The van der Waals surface area contributed by atoms with Crippen molar-refractivity contribution in [2.75, 3.05) is 19.2 Å². The highest BCUT2D eigenvalue weighted by Gasteiger charge is 2.13. The lowest BCUT2D eigenvalue weighted by Crippen LogP contribution is -2.26. The Bertz CT molecular complexity index is 630. The molecule has 0 atom stereocenters. The third-order valence-electron chi connectivity index (χ3n) is 3.17. The molecule has 0 bridgehead atoms. The third-order valence-corrected chi connectivity index (χ3v) is 3.17. The SMILES string of the molecule is COc1cccc(N(C)N)c1COc1ccc(C)cc1F. The van der Waals surface area contributed by atoms with Crippen LogP contribution in [0.2, 0.25) is 0 Å². The molecule has 0 saturated carbocycles. The van der Waals surface area contributed by atoms with E-state index in [0.717, 1.165) is 16.8 Å². The number of hydrogen-bond donors (Lipinski definition) is 1. The zero-order valence-corrected chi connectivity index (χ0v) is 12.4. The Balaban J connectivity index is 2.26. The normalized spacial score (nSPS) is 10.3. The summed E-state index contributed by atoms with van der Waals surface area (Å²) in [5.74, 6) is 6.28. The second kappa shape index (κ2) is 6.45. The number of ether oxygens (including phenoxy) is 2. The zero-order valence-electron chi connectivity index (χ0n) is 12.4. The Kier molecular flexibility index (Phi) is 4.65. The summed E-state index contributed by atoms with van der Waals surface area (Å²) in [5, 5.41) is 1.48. The number of rotatable bonds is 5. The predicted octanol–water partition coefficient (Wildman–Crippen LogP) is 3.03. The van der Waals surface area contributed by atoms with E-state index in [0.29, 0.717) is 5.75 Å². The summed E-state index contributed by atoms with van der Waals surface area (Å²) in [6, 6.07) is 10.4. The predicted molar refractivity (Wildman–Crippen MR) is 81.1 cm³/mol. The molecule has 0 radical (unpaired) electrons. The van der Waals surface area contributed by atoms with Gasteiger partial charge in [0.05, 0.1) is 18.4 Å². The van der Waals surface area contributed by atoms with Gasteiger partial charge in [-0.1, -0.05) is 12.1 Å². The van der Waals surface area contributed by atoms with Gasteiger partial charge in [-0.25, -0.2) is 10.2 Å². The van der Waals surface area contributed by atoms with Gasteiger partial charge in [0.2, 0.25) is 0 Å². The minimum Gasteiger partial charge on any atom is -0.496 e. The van der Waals surface area contributed by atoms with Gasteiger partial charge in [-0.3, -0.25) is 0 Å². The molecule has 0 aliphatic carbocycles. The van der Waals surface area contributed by atoms with E-state index in [-0.39, 0.29) is 18.2 Å². The Labute approximate surface area is 123 Å². The van der Waals surface area contributed by atoms with Crippen LogP contribution in [0, 0.1) is 12.7 Å². The highest BCUT2D eigenvalue weighted by Crippen LogP contribution is 2.29. The molecule has 0 aromatic heterocycles. The number of nitrogens with two attached hydrogens (primary N) is 1. The molecule has 0 fully saturated rings. The average Bonchev–Trinajstić information content (AvgIpc) is 2.45. The van der Waals surface area contributed by atoms with Crippen LogP contribution in [-0.2, 0) is 6.61 Å². The van der Waals surface area contributed by atoms with E-state index in [1.54, 1.807) is 26.3 Å². The highest BCUT2D eigenvalue weighted by molar-refractivity contribution is 5.58. The Morgan fingerprint density at radius 3 is 2.57 bits per heavy atom. The molecule has 2 N–H and O–H groups in total. The fourth-order valence-electron chi connectivity index (χ4n) is 2.09. The lowest BCUT2D eigenvalue weighted by molar-refractivity contribution is 0.283.